The Morgan fingerprint density at radius 3 is 2.44 bits per heavy atom. The van der Waals surface area contributed by atoms with Crippen molar-refractivity contribution >= 4 is 0 Å². The van der Waals surface area contributed by atoms with E-state index in [0.717, 1.165) is 6.04 Å². The number of quaternary nitrogens is 1. The van der Waals surface area contributed by atoms with Crippen LogP contribution in [0.2, 0.25) is 0 Å². The van der Waals surface area contributed by atoms with Gasteiger partial charge in [0.05, 0.1) is 12.6 Å². The third kappa shape index (κ3) is 1.66. The van der Waals surface area contributed by atoms with Gasteiger partial charge in [0, 0.05) is 19.0 Å². The molecule has 0 aromatic carbocycles. The summed E-state index contributed by atoms with van der Waals surface area (Å²) in [6.07, 6.45) is 1.29. The van der Waals surface area contributed by atoms with Gasteiger partial charge >= 0.3 is 0 Å². The van der Waals surface area contributed by atoms with Crippen LogP contribution in [0.1, 0.15) is 20.3 Å². The van der Waals surface area contributed by atoms with Gasteiger partial charge in [0.2, 0.25) is 0 Å². The molecule has 0 spiro atoms. The van der Waals surface area contributed by atoms with Crippen LogP contribution in [-0.2, 0) is 0 Å². The van der Waals surface area contributed by atoms with Gasteiger partial charge in [-0.3, -0.25) is 4.90 Å². The summed E-state index contributed by atoms with van der Waals surface area (Å²) in [6.45, 7) is 6.96. The molecule has 0 unspecified atom stereocenters. The highest BCUT2D eigenvalue weighted by molar-refractivity contribution is 4.75. The second-order valence-corrected chi connectivity index (χ2v) is 3.24. The summed E-state index contributed by atoms with van der Waals surface area (Å²) < 4.78 is 0. The molecule has 1 heterocycles. The average molecular weight is 129 g/mol. The highest BCUT2D eigenvalue weighted by Gasteiger charge is 2.22. The predicted octanol–water partition coefficient (Wildman–Crippen LogP) is -0.289. The highest BCUT2D eigenvalue weighted by atomic mass is 15.2. The van der Waals surface area contributed by atoms with Crippen molar-refractivity contribution in [2.24, 2.45) is 0 Å². The number of rotatable bonds is 1. The van der Waals surface area contributed by atoms with Crippen LogP contribution in [0.25, 0.3) is 0 Å². The van der Waals surface area contributed by atoms with Crippen molar-refractivity contribution in [3.63, 3.8) is 0 Å². The van der Waals surface area contributed by atoms with Gasteiger partial charge in [0.25, 0.3) is 0 Å². The fraction of sp³-hybridized carbons (Fsp3) is 1.00. The molecule has 3 N–H and O–H groups in total. The molecular weight excluding hydrogens is 112 g/mol. The first-order chi connectivity index (χ1) is 4.20. The minimum absolute atomic E-state index is 0.687. The van der Waals surface area contributed by atoms with Crippen LogP contribution in [0.3, 0.4) is 0 Å². The Morgan fingerprint density at radius 2 is 2.22 bits per heavy atom. The van der Waals surface area contributed by atoms with Crippen LogP contribution < -0.4 is 5.73 Å². The van der Waals surface area contributed by atoms with E-state index >= 15 is 0 Å². The summed E-state index contributed by atoms with van der Waals surface area (Å²) in [7, 11) is 0. The molecule has 1 aliphatic heterocycles. The molecule has 1 saturated heterocycles. The van der Waals surface area contributed by atoms with Crippen LogP contribution in [-0.4, -0.2) is 30.1 Å². The van der Waals surface area contributed by atoms with Gasteiger partial charge in [-0.1, -0.05) is 0 Å². The molecule has 0 aromatic heterocycles. The van der Waals surface area contributed by atoms with Crippen LogP contribution in [0.4, 0.5) is 0 Å². The van der Waals surface area contributed by atoms with E-state index in [9.17, 15) is 0 Å². The van der Waals surface area contributed by atoms with E-state index in [1.54, 1.807) is 0 Å². The molecule has 1 aliphatic rings. The minimum atomic E-state index is 0.687. The number of likely N-dealkylation sites (tertiary alicyclic amines) is 1. The molecule has 1 rings (SSSR count). The normalized spacial score (nSPS) is 30.0. The Labute approximate surface area is 57.0 Å². The second kappa shape index (κ2) is 2.67. The highest BCUT2D eigenvalue weighted by Crippen LogP contribution is 2.08. The lowest BCUT2D eigenvalue weighted by atomic mass is 10.3. The van der Waals surface area contributed by atoms with Crippen molar-refractivity contribution in [2.75, 3.05) is 13.1 Å². The molecule has 0 amide bonds. The minimum Gasteiger partial charge on any atom is -0.354 e. The van der Waals surface area contributed by atoms with Crippen LogP contribution in [0.15, 0.2) is 0 Å². The molecule has 2 heteroatoms. The van der Waals surface area contributed by atoms with E-state index in [1.807, 2.05) is 0 Å². The van der Waals surface area contributed by atoms with Crippen LogP contribution >= 0.6 is 0 Å². The van der Waals surface area contributed by atoms with Crippen LogP contribution in [0, 0.1) is 0 Å². The van der Waals surface area contributed by atoms with Crippen molar-refractivity contribution in [1.29, 1.82) is 0 Å². The SMILES string of the molecule is CC(C)N1CC[C@@H]([NH3+])C1. The quantitative estimate of drug-likeness (QED) is 0.518. The molecule has 0 saturated carbocycles. The van der Waals surface area contributed by atoms with Crippen LogP contribution in [0.5, 0.6) is 0 Å². The lowest BCUT2D eigenvalue weighted by Gasteiger charge is -2.18. The summed E-state index contributed by atoms with van der Waals surface area (Å²) in [5.41, 5.74) is 4.03. The Balaban J connectivity index is 2.30. The van der Waals surface area contributed by atoms with Gasteiger partial charge in [-0.2, -0.15) is 0 Å². The van der Waals surface area contributed by atoms with Crippen molar-refractivity contribution in [3.05, 3.63) is 0 Å². The van der Waals surface area contributed by atoms with Gasteiger partial charge in [-0.25, -0.2) is 0 Å². The number of nitrogens with zero attached hydrogens (tertiary/aromatic N) is 1. The molecule has 9 heavy (non-hydrogen) atoms. The Morgan fingerprint density at radius 1 is 1.56 bits per heavy atom. The average Bonchev–Trinajstić information content (AvgIpc) is 2.14. The zero-order valence-electron chi connectivity index (χ0n) is 6.43. The monoisotopic (exact) mass is 129 g/mol. The second-order valence-electron chi connectivity index (χ2n) is 3.24. The zero-order chi connectivity index (χ0) is 6.85. The first-order valence-electron chi connectivity index (χ1n) is 3.77. The maximum absolute atomic E-state index is 4.03. The summed E-state index contributed by atoms with van der Waals surface area (Å²) >= 11 is 0. The van der Waals surface area contributed by atoms with Crippen molar-refractivity contribution < 1.29 is 5.73 Å². The zero-order valence-corrected chi connectivity index (χ0v) is 6.43. The molecule has 2 nitrogen and oxygen atoms in total. The molecule has 1 fully saturated rings. The van der Waals surface area contributed by atoms with Crippen molar-refractivity contribution in [2.45, 2.75) is 32.4 Å². The maximum atomic E-state index is 4.03. The first kappa shape index (κ1) is 7.03. The molecule has 0 aromatic rings. The molecule has 0 radical (unpaired) electrons. The smallest absolute Gasteiger partial charge is 0.0984 e. The van der Waals surface area contributed by atoms with Gasteiger partial charge in [-0.05, 0) is 13.8 Å². The fourth-order valence-corrected chi connectivity index (χ4v) is 1.33. The standard InChI is InChI=1S/C7H16N2/c1-6(2)9-4-3-7(8)5-9/h6-7H,3-5,8H2,1-2H3/p+1/t7-/m1/s1. The topological polar surface area (TPSA) is 30.9 Å². The molecule has 1 atom stereocenters. The van der Waals surface area contributed by atoms with Crippen molar-refractivity contribution in [3.8, 4) is 0 Å². The largest absolute Gasteiger partial charge is 0.354 e. The van der Waals surface area contributed by atoms with Gasteiger partial charge < -0.3 is 5.73 Å². The molecule has 0 bridgehead atoms. The Kier molecular flexibility index (Phi) is 2.09. The van der Waals surface area contributed by atoms with E-state index in [0.29, 0.717) is 6.04 Å². The molecule has 0 aliphatic carbocycles. The van der Waals surface area contributed by atoms with E-state index in [4.69, 9.17) is 0 Å². The van der Waals surface area contributed by atoms with E-state index in [-0.39, 0.29) is 0 Å². The summed E-state index contributed by atoms with van der Waals surface area (Å²) in [6, 6.07) is 1.41. The number of hydrogen-bond acceptors (Lipinski definition) is 1. The van der Waals surface area contributed by atoms with E-state index in [2.05, 4.69) is 24.5 Å². The van der Waals surface area contributed by atoms with Crippen molar-refractivity contribution in [1.82, 2.24) is 4.90 Å². The maximum Gasteiger partial charge on any atom is 0.0984 e. The lowest BCUT2D eigenvalue weighted by molar-refractivity contribution is -0.414. The predicted molar refractivity (Wildman–Crippen MR) is 38.0 cm³/mol. The van der Waals surface area contributed by atoms with Gasteiger partial charge in [0.1, 0.15) is 0 Å². The lowest BCUT2D eigenvalue weighted by Crippen LogP contribution is -2.62. The van der Waals surface area contributed by atoms with Gasteiger partial charge in [-0.15, -0.1) is 0 Å². The summed E-state index contributed by atoms with van der Waals surface area (Å²) in [4.78, 5) is 2.48. The van der Waals surface area contributed by atoms with E-state index < -0.39 is 0 Å². The molecular formula is C7H17N2+. The molecule has 54 valence electrons. The number of hydrogen-bond donors (Lipinski definition) is 1. The first-order valence-corrected chi connectivity index (χ1v) is 3.77. The third-order valence-corrected chi connectivity index (χ3v) is 2.05. The third-order valence-electron chi connectivity index (χ3n) is 2.05. The Bertz CT molecular complexity index is 90.9. The summed E-state index contributed by atoms with van der Waals surface area (Å²) in [5, 5.41) is 0. The fourth-order valence-electron chi connectivity index (χ4n) is 1.33. The summed E-state index contributed by atoms with van der Waals surface area (Å²) in [5.74, 6) is 0. The van der Waals surface area contributed by atoms with E-state index in [1.165, 1.54) is 19.5 Å². The Hall–Kier alpha value is -0.0800. The van der Waals surface area contributed by atoms with Gasteiger partial charge in [0.15, 0.2) is 0 Å².